The molecule has 0 saturated heterocycles. The fourth-order valence-corrected chi connectivity index (χ4v) is 4.33. The highest BCUT2D eigenvalue weighted by atomic mass is 16.6. The molecule has 3 aromatic rings. The fraction of sp³-hybridized carbons (Fsp3) is 0.333. The molecule has 11 heteroatoms. The quantitative estimate of drug-likeness (QED) is 0.117. The van der Waals surface area contributed by atoms with Crippen molar-refractivity contribution in [2.24, 2.45) is 0 Å². The summed E-state index contributed by atoms with van der Waals surface area (Å²) in [6.07, 6.45) is 3.38. The average molecular weight is 613 g/mol. The maximum Gasteiger partial charge on any atom is 0.199 e. The first-order valence-corrected chi connectivity index (χ1v) is 14.0. The second-order valence-electron chi connectivity index (χ2n) is 9.48. The highest BCUT2D eigenvalue weighted by molar-refractivity contribution is 5.56. The number of aliphatic hydroxyl groups excluding tert-OH is 6. The molecular formula is C33H40O11. The standard InChI is InChI=1S/C33H40O11/c1-40-29-18-23(6-4-15-35)8-11-28(29)44-33(24-9-12-27(30(19-24)41-2)43-32(39)13-16-36)31(21-38)42-26-10-7-22(5-3-14-34)17-25(26)20-37/h3-12,17-19,31-39H,13-16,20-21H2,1-2H3/b5-3+,6-4+. The van der Waals surface area contributed by atoms with E-state index < -0.39 is 25.1 Å². The van der Waals surface area contributed by atoms with Crippen LogP contribution in [0.1, 0.15) is 34.8 Å². The molecule has 0 saturated carbocycles. The Balaban J connectivity index is 2.06. The van der Waals surface area contributed by atoms with Gasteiger partial charge in [-0.05, 0) is 47.5 Å². The predicted molar refractivity (Wildman–Crippen MR) is 164 cm³/mol. The molecule has 3 aromatic carbocycles. The molecule has 0 aliphatic rings. The van der Waals surface area contributed by atoms with E-state index in [-0.39, 0.29) is 44.3 Å². The molecule has 0 radical (unpaired) electrons. The molecule has 11 nitrogen and oxygen atoms in total. The molecule has 3 unspecified atom stereocenters. The van der Waals surface area contributed by atoms with Gasteiger partial charge in [0.1, 0.15) is 5.75 Å². The third-order valence-electron chi connectivity index (χ3n) is 6.48. The summed E-state index contributed by atoms with van der Waals surface area (Å²) in [6, 6.07) is 15.2. The lowest BCUT2D eigenvalue weighted by atomic mass is 10.0. The molecule has 0 aromatic heterocycles. The van der Waals surface area contributed by atoms with Gasteiger partial charge in [-0.3, -0.25) is 0 Å². The van der Waals surface area contributed by atoms with Crippen LogP contribution in [0.4, 0.5) is 0 Å². The van der Waals surface area contributed by atoms with Crippen LogP contribution in [0.5, 0.6) is 28.7 Å². The lowest BCUT2D eigenvalue weighted by Gasteiger charge is -2.29. The minimum absolute atomic E-state index is 0.00211. The van der Waals surface area contributed by atoms with Gasteiger partial charge in [0, 0.05) is 24.2 Å². The maximum atomic E-state index is 10.6. The normalized spacial score (nSPS) is 13.5. The van der Waals surface area contributed by atoms with Crippen LogP contribution in [0, 0.1) is 0 Å². The first-order valence-electron chi connectivity index (χ1n) is 14.0. The van der Waals surface area contributed by atoms with Gasteiger partial charge in [0.05, 0.1) is 40.6 Å². The smallest absolute Gasteiger partial charge is 0.199 e. The molecule has 0 amide bonds. The van der Waals surface area contributed by atoms with Gasteiger partial charge in [-0.2, -0.15) is 0 Å². The van der Waals surface area contributed by atoms with Crippen LogP contribution in [0.15, 0.2) is 66.7 Å². The summed E-state index contributed by atoms with van der Waals surface area (Å²) in [5.74, 6) is 1.53. The van der Waals surface area contributed by atoms with Crippen LogP contribution in [-0.2, 0) is 6.61 Å². The summed E-state index contributed by atoms with van der Waals surface area (Å²) in [4.78, 5) is 0. The van der Waals surface area contributed by atoms with Crippen LogP contribution >= 0.6 is 0 Å². The second kappa shape index (κ2) is 17.9. The zero-order chi connectivity index (χ0) is 31.9. The summed E-state index contributed by atoms with van der Waals surface area (Å²) in [7, 11) is 2.92. The van der Waals surface area contributed by atoms with Crippen molar-refractivity contribution in [2.75, 3.05) is 40.6 Å². The topological polar surface area (TPSA) is 168 Å². The molecule has 0 spiro atoms. The third-order valence-corrected chi connectivity index (χ3v) is 6.48. The van der Waals surface area contributed by atoms with E-state index in [0.717, 1.165) is 11.1 Å². The van der Waals surface area contributed by atoms with E-state index >= 15 is 0 Å². The van der Waals surface area contributed by atoms with Gasteiger partial charge >= 0.3 is 0 Å². The molecule has 0 heterocycles. The van der Waals surface area contributed by atoms with Crippen molar-refractivity contribution in [3.63, 3.8) is 0 Å². The van der Waals surface area contributed by atoms with Crippen molar-refractivity contribution < 1.29 is 54.3 Å². The molecule has 0 bridgehead atoms. The van der Waals surface area contributed by atoms with Crippen LogP contribution in [0.25, 0.3) is 12.2 Å². The van der Waals surface area contributed by atoms with Crippen LogP contribution in [0.2, 0.25) is 0 Å². The number of methoxy groups -OCH3 is 2. The van der Waals surface area contributed by atoms with Gasteiger partial charge < -0.3 is 54.3 Å². The number of ether oxygens (including phenoxy) is 5. The summed E-state index contributed by atoms with van der Waals surface area (Å²) in [5.41, 5.74) is 2.48. The van der Waals surface area contributed by atoms with E-state index in [1.54, 1.807) is 78.9 Å². The van der Waals surface area contributed by atoms with E-state index in [1.165, 1.54) is 14.2 Å². The van der Waals surface area contributed by atoms with Gasteiger partial charge in [0.25, 0.3) is 0 Å². The first kappa shape index (κ1) is 34.4. The van der Waals surface area contributed by atoms with E-state index in [0.29, 0.717) is 28.4 Å². The third kappa shape index (κ3) is 9.45. The van der Waals surface area contributed by atoms with Crippen molar-refractivity contribution >= 4 is 12.2 Å². The minimum atomic E-state index is -1.25. The highest BCUT2D eigenvalue weighted by Gasteiger charge is 2.30. The summed E-state index contributed by atoms with van der Waals surface area (Å²) >= 11 is 0. The second-order valence-corrected chi connectivity index (χ2v) is 9.48. The molecular weight excluding hydrogens is 572 g/mol. The average Bonchev–Trinajstić information content (AvgIpc) is 3.05. The van der Waals surface area contributed by atoms with Gasteiger partial charge in [-0.1, -0.05) is 42.5 Å². The Kier molecular flexibility index (Phi) is 14.0. The van der Waals surface area contributed by atoms with Gasteiger partial charge in [0.2, 0.25) is 0 Å². The molecule has 3 rings (SSSR count). The number of benzene rings is 3. The van der Waals surface area contributed by atoms with Crippen molar-refractivity contribution in [3.8, 4) is 28.7 Å². The number of rotatable bonds is 18. The lowest BCUT2D eigenvalue weighted by molar-refractivity contribution is -0.0341. The molecule has 0 aliphatic heterocycles. The Bertz CT molecular complexity index is 1370. The molecule has 6 N–H and O–H groups in total. The molecule has 3 atom stereocenters. The minimum Gasteiger partial charge on any atom is -0.493 e. The fourth-order valence-electron chi connectivity index (χ4n) is 4.33. The largest absolute Gasteiger partial charge is 0.493 e. The van der Waals surface area contributed by atoms with E-state index in [1.807, 2.05) is 0 Å². The predicted octanol–water partition coefficient (Wildman–Crippen LogP) is 2.85. The molecule has 44 heavy (non-hydrogen) atoms. The molecule has 238 valence electrons. The van der Waals surface area contributed by atoms with Gasteiger partial charge in [0.15, 0.2) is 41.5 Å². The Morgan fingerprint density at radius 1 is 0.659 bits per heavy atom. The SMILES string of the molecule is COc1cc(C(Oc2ccc(/C=C/CO)cc2OC)C(CO)Oc2ccc(/C=C/CO)cc2CO)ccc1OC(O)CCO. The van der Waals surface area contributed by atoms with Gasteiger partial charge in [-0.15, -0.1) is 0 Å². The summed E-state index contributed by atoms with van der Waals surface area (Å²) in [5, 5.41) is 58.0. The number of hydrogen-bond donors (Lipinski definition) is 6. The Morgan fingerprint density at radius 3 is 1.84 bits per heavy atom. The van der Waals surface area contributed by atoms with Crippen LogP contribution < -0.4 is 23.7 Å². The Morgan fingerprint density at radius 2 is 1.25 bits per heavy atom. The lowest BCUT2D eigenvalue weighted by Crippen LogP contribution is -2.33. The van der Waals surface area contributed by atoms with Crippen molar-refractivity contribution in [2.45, 2.75) is 31.5 Å². The summed E-state index contributed by atoms with van der Waals surface area (Å²) < 4.78 is 29.3. The molecule has 0 fully saturated rings. The molecule has 0 aliphatic carbocycles. The van der Waals surface area contributed by atoms with E-state index in [9.17, 15) is 15.3 Å². The Labute approximate surface area is 256 Å². The van der Waals surface area contributed by atoms with Crippen LogP contribution in [0.3, 0.4) is 0 Å². The number of hydrogen-bond acceptors (Lipinski definition) is 11. The first-order chi connectivity index (χ1) is 21.4. The maximum absolute atomic E-state index is 10.6. The number of aliphatic hydroxyl groups is 6. The summed E-state index contributed by atoms with van der Waals surface area (Å²) in [6.45, 7) is -1.35. The zero-order valence-electron chi connectivity index (χ0n) is 24.7. The zero-order valence-corrected chi connectivity index (χ0v) is 24.7. The Hall–Kier alpha value is -4.10. The van der Waals surface area contributed by atoms with Crippen molar-refractivity contribution in [3.05, 3.63) is 89.0 Å². The van der Waals surface area contributed by atoms with Gasteiger partial charge in [-0.25, -0.2) is 0 Å². The monoisotopic (exact) mass is 612 g/mol. The van der Waals surface area contributed by atoms with Crippen molar-refractivity contribution in [1.82, 2.24) is 0 Å². The van der Waals surface area contributed by atoms with E-state index in [4.69, 9.17) is 39.0 Å². The highest BCUT2D eigenvalue weighted by Crippen LogP contribution is 2.38. The van der Waals surface area contributed by atoms with Crippen molar-refractivity contribution in [1.29, 1.82) is 0 Å². The van der Waals surface area contributed by atoms with Crippen LogP contribution in [-0.4, -0.2) is 83.7 Å². The van der Waals surface area contributed by atoms with E-state index in [2.05, 4.69) is 0 Å².